The fourth-order valence-corrected chi connectivity index (χ4v) is 3.97. The Labute approximate surface area is 191 Å². The summed E-state index contributed by atoms with van der Waals surface area (Å²) in [5, 5.41) is 3.58. The lowest BCUT2D eigenvalue weighted by Gasteiger charge is -2.27. The Morgan fingerprint density at radius 3 is 2.58 bits per heavy atom. The van der Waals surface area contributed by atoms with Gasteiger partial charge in [-0.1, -0.05) is 6.07 Å². The van der Waals surface area contributed by atoms with Gasteiger partial charge in [-0.3, -0.25) is 10.1 Å². The number of anilines is 1. The van der Waals surface area contributed by atoms with Crippen LogP contribution in [-0.2, 0) is 22.4 Å². The SMILES string of the molecule is COC(=O)c1ccc2[nH]c3c(c2c1)CN(C(=O)c1cccc(NC(=O)OC(C)(C)C)c1)CC3. The van der Waals surface area contributed by atoms with Crippen LogP contribution in [0.1, 0.15) is 52.7 Å². The Morgan fingerprint density at radius 1 is 1.06 bits per heavy atom. The second-order valence-corrected chi connectivity index (χ2v) is 9.02. The highest BCUT2D eigenvalue weighted by Gasteiger charge is 2.26. The van der Waals surface area contributed by atoms with Crippen molar-refractivity contribution in [2.45, 2.75) is 39.3 Å². The summed E-state index contributed by atoms with van der Waals surface area (Å²) in [6.45, 7) is 6.34. The summed E-state index contributed by atoms with van der Waals surface area (Å²) in [6, 6.07) is 12.2. The lowest BCUT2D eigenvalue weighted by atomic mass is 10.0. The number of benzene rings is 2. The molecule has 2 N–H and O–H groups in total. The second-order valence-electron chi connectivity index (χ2n) is 9.02. The van der Waals surface area contributed by atoms with E-state index in [0.29, 0.717) is 36.3 Å². The van der Waals surface area contributed by atoms with Crippen molar-refractivity contribution in [3.05, 3.63) is 64.8 Å². The summed E-state index contributed by atoms with van der Waals surface area (Å²) in [4.78, 5) is 42.5. The molecule has 0 saturated carbocycles. The summed E-state index contributed by atoms with van der Waals surface area (Å²) in [6.07, 6.45) is 0.106. The van der Waals surface area contributed by atoms with E-state index in [1.165, 1.54) is 7.11 Å². The summed E-state index contributed by atoms with van der Waals surface area (Å²) < 4.78 is 10.1. The fraction of sp³-hybridized carbons (Fsp3) is 0.320. The van der Waals surface area contributed by atoms with E-state index in [9.17, 15) is 14.4 Å². The van der Waals surface area contributed by atoms with Gasteiger partial charge >= 0.3 is 12.1 Å². The fourth-order valence-electron chi connectivity index (χ4n) is 3.97. The highest BCUT2D eigenvalue weighted by molar-refractivity contribution is 5.98. The van der Waals surface area contributed by atoms with Gasteiger partial charge in [0.25, 0.3) is 5.91 Å². The number of esters is 1. The van der Waals surface area contributed by atoms with Crippen molar-refractivity contribution in [2.24, 2.45) is 0 Å². The van der Waals surface area contributed by atoms with E-state index in [1.54, 1.807) is 62.1 Å². The monoisotopic (exact) mass is 449 g/mol. The minimum atomic E-state index is -0.615. The predicted molar refractivity (Wildman–Crippen MR) is 124 cm³/mol. The van der Waals surface area contributed by atoms with E-state index in [0.717, 1.165) is 22.2 Å². The first-order valence-electron chi connectivity index (χ1n) is 10.8. The first-order valence-corrected chi connectivity index (χ1v) is 10.8. The highest BCUT2D eigenvalue weighted by atomic mass is 16.6. The van der Waals surface area contributed by atoms with E-state index in [1.807, 2.05) is 6.07 Å². The van der Waals surface area contributed by atoms with Crippen LogP contribution in [0.3, 0.4) is 0 Å². The third kappa shape index (κ3) is 4.84. The number of carbonyl (C=O) groups is 3. The van der Waals surface area contributed by atoms with Gasteiger partial charge in [0.15, 0.2) is 0 Å². The summed E-state index contributed by atoms with van der Waals surface area (Å²) >= 11 is 0. The van der Waals surface area contributed by atoms with Crippen molar-refractivity contribution in [2.75, 3.05) is 19.0 Å². The molecule has 0 atom stereocenters. The summed E-state index contributed by atoms with van der Waals surface area (Å²) in [7, 11) is 1.35. The number of carbonyl (C=O) groups excluding carboxylic acids is 3. The zero-order chi connectivity index (χ0) is 23.8. The average molecular weight is 450 g/mol. The number of nitrogens with one attached hydrogen (secondary N) is 2. The number of hydrogen-bond donors (Lipinski definition) is 2. The highest BCUT2D eigenvalue weighted by Crippen LogP contribution is 2.29. The first-order chi connectivity index (χ1) is 15.6. The van der Waals surface area contributed by atoms with Crippen molar-refractivity contribution in [1.29, 1.82) is 0 Å². The second kappa shape index (κ2) is 8.61. The number of rotatable bonds is 3. The number of fused-ring (bicyclic) bond motifs is 3. The molecule has 0 fully saturated rings. The molecule has 3 aromatic rings. The largest absolute Gasteiger partial charge is 0.465 e. The molecule has 0 saturated heterocycles. The number of ether oxygens (including phenoxy) is 2. The van der Waals surface area contributed by atoms with Crippen LogP contribution >= 0.6 is 0 Å². The van der Waals surface area contributed by atoms with Crippen LogP contribution in [0.2, 0.25) is 0 Å². The molecular weight excluding hydrogens is 422 g/mol. The van der Waals surface area contributed by atoms with Crippen LogP contribution in [0.25, 0.3) is 10.9 Å². The maximum absolute atomic E-state index is 13.3. The first kappa shape index (κ1) is 22.4. The molecule has 1 aliphatic rings. The molecule has 8 heteroatoms. The molecule has 0 radical (unpaired) electrons. The van der Waals surface area contributed by atoms with E-state index < -0.39 is 17.7 Å². The van der Waals surface area contributed by atoms with Gasteiger partial charge < -0.3 is 19.4 Å². The number of amides is 2. The Hall–Kier alpha value is -3.81. The molecule has 2 aromatic carbocycles. The van der Waals surface area contributed by atoms with Gasteiger partial charge in [0, 0.05) is 52.9 Å². The molecule has 0 bridgehead atoms. The van der Waals surface area contributed by atoms with E-state index >= 15 is 0 Å². The Kier molecular flexibility index (Phi) is 5.84. The maximum Gasteiger partial charge on any atom is 0.412 e. The normalized spacial score (nSPS) is 13.4. The van der Waals surface area contributed by atoms with Crippen LogP contribution in [0.5, 0.6) is 0 Å². The summed E-state index contributed by atoms with van der Waals surface area (Å²) in [5.74, 6) is -0.531. The number of nitrogens with zero attached hydrogens (tertiary/aromatic N) is 1. The van der Waals surface area contributed by atoms with Crippen molar-refractivity contribution >= 4 is 34.6 Å². The molecule has 8 nitrogen and oxygen atoms in total. The van der Waals surface area contributed by atoms with Crippen molar-refractivity contribution in [3.63, 3.8) is 0 Å². The van der Waals surface area contributed by atoms with Crippen LogP contribution in [0.15, 0.2) is 42.5 Å². The van der Waals surface area contributed by atoms with Crippen molar-refractivity contribution < 1.29 is 23.9 Å². The van der Waals surface area contributed by atoms with Gasteiger partial charge in [0.05, 0.1) is 12.7 Å². The number of methoxy groups -OCH3 is 1. The topological polar surface area (TPSA) is 101 Å². The van der Waals surface area contributed by atoms with Gasteiger partial charge in [0.1, 0.15) is 5.60 Å². The zero-order valence-corrected chi connectivity index (χ0v) is 19.2. The number of aromatic amines is 1. The molecule has 0 spiro atoms. The molecule has 0 aliphatic carbocycles. The summed E-state index contributed by atoms with van der Waals surface area (Å²) in [5.41, 5.74) is 3.80. The smallest absolute Gasteiger partial charge is 0.412 e. The van der Waals surface area contributed by atoms with Crippen molar-refractivity contribution in [3.8, 4) is 0 Å². The quantitative estimate of drug-likeness (QED) is 0.574. The molecule has 33 heavy (non-hydrogen) atoms. The molecule has 0 unspecified atom stereocenters. The predicted octanol–water partition coefficient (Wildman–Crippen LogP) is 4.50. The molecule has 4 rings (SSSR count). The third-order valence-electron chi connectivity index (χ3n) is 5.44. The van der Waals surface area contributed by atoms with Gasteiger partial charge in [-0.15, -0.1) is 0 Å². The van der Waals surface area contributed by atoms with Crippen LogP contribution in [0.4, 0.5) is 10.5 Å². The number of hydrogen-bond acceptors (Lipinski definition) is 5. The Bertz CT molecular complexity index is 1240. The lowest BCUT2D eigenvalue weighted by molar-refractivity contribution is 0.0598. The zero-order valence-electron chi connectivity index (χ0n) is 19.2. The molecule has 1 aliphatic heterocycles. The van der Waals surface area contributed by atoms with E-state index in [4.69, 9.17) is 9.47 Å². The standard InChI is InChI=1S/C25H27N3O5/c1-25(2,3)33-24(31)26-17-7-5-6-15(12-17)22(29)28-11-10-21-19(14-28)18-13-16(23(30)32-4)8-9-20(18)27-21/h5-9,12-13,27H,10-11,14H2,1-4H3,(H,26,31). The molecule has 172 valence electrons. The average Bonchev–Trinajstić information content (AvgIpc) is 3.14. The van der Waals surface area contributed by atoms with Crippen molar-refractivity contribution in [1.82, 2.24) is 9.88 Å². The minimum Gasteiger partial charge on any atom is -0.465 e. The number of aromatic nitrogens is 1. The van der Waals surface area contributed by atoms with Crippen LogP contribution in [0, 0.1) is 0 Å². The van der Waals surface area contributed by atoms with E-state index in [2.05, 4.69) is 10.3 Å². The lowest BCUT2D eigenvalue weighted by Crippen LogP contribution is -2.35. The minimum absolute atomic E-state index is 0.132. The Morgan fingerprint density at radius 2 is 1.85 bits per heavy atom. The van der Waals surface area contributed by atoms with Gasteiger partial charge in [0.2, 0.25) is 0 Å². The van der Waals surface area contributed by atoms with Gasteiger partial charge in [-0.05, 0) is 57.2 Å². The van der Waals surface area contributed by atoms with E-state index in [-0.39, 0.29) is 5.91 Å². The molecule has 2 heterocycles. The van der Waals surface area contributed by atoms with Gasteiger partial charge in [-0.25, -0.2) is 9.59 Å². The molecular formula is C25H27N3O5. The molecule has 2 amide bonds. The van der Waals surface area contributed by atoms with Crippen LogP contribution < -0.4 is 5.32 Å². The molecule has 1 aromatic heterocycles. The Balaban J connectivity index is 1.54. The van der Waals surface area contributed by atoms with Gasteiger partial charge in [-0.2, -0.15) is 0 Å². The maximum atomic E-state index is 13.3. The number of H-pyrrole nitrogens is 1. The third-order valence-corrected chi connectivity index (χ3v) is 5.44. The van der Waals surface area contributed by atoms with Crippen LogP contribution in [-0.4, -0.2) is 47.1 Å².